The van der Waals surface area contributed by atoms with Gasteiger partial charge in [0.25, 0.3) is 0 Å². The predicted octanol–water partition coefficient (Wildman–Crippen LogP) is 5.73. The van der Waals surface area contributed by atoms with Crippen LogP contribution in [0.2, 0.25) is 5.02 Å². The van der Waals surface area contributed by atoms with E-state index in [-0.39, 0.29) is 5.91 Å². The highest BCUT2D eigenvalue weighted by Gasteiger charge is 2.21. The molecule has 3 rings (SSSR count). The normalized spacial score (nSPS) is 11.3. The maximum atomic E-state index is 13.2. The maximum Gasteiger partial charge on any atom is 0.239 e. The van der Waals surface area contributed by atoms with Gasteiger partial charge in [0.1, 0.15) is 0 Å². The standard InChI is InChI=1S/C22H26ClN3OS2/c1-4-25(5-2)13-14-26(20(27)15-28-17-9-7-6-8-10-17)22-24-21-16(3)18(23)11-12-19(21)29-22/h6-12H,4-5,13-15H2,1-3H3. The lowest BCUT2D eigenvalue weighted by atomic mass is 10.2. The third kappa shape index (κ3) is 5.51. The quantitative estimate of drug-likeness (QED) is 0.393. The second kappa shape index (κ2) is 10.4. The highest BCUT2D eigenvalue weighted by Crippen LogP contribution is 2.34. The zero-order valence-corrected chi connectivity index (χ0v) is 19.4. The van der Waals surface area contributed by atoms with E-state index >= 15 is 0 Å². The Morgan fingerprint density at radius 3 is 2.52 bits per heavy atom. The number of amides is 1. The van der Waals surface area contributed by atoms with Gasteiger partial charge in [-0.3, -0.25) is 9.69 Å². The number of thiazole rings is 1. The van der Waals surface area contributed by atoms with E-state index in [1.165, 1.54) is 0 Å². The Morgan fingerprint density at radius 1 is 1.10 bits per heavy atom. The second-order valence-electron chi connectivity index (χ2n) is 6.69. The molecule has 0 aliphatic carbocycles. The monoisotopic (exact) mass is 447 g/mol. The Bertz CT molecular complexity index is 957. The molecule has 0 aliphatic heterocycles. The van der Waals surface area contributed by atoms with Crippen LogP contribution in [0, 0.1) is 6.92 Å². The van der Waals surface area contributed by atoms with Gasteiger partial charge in [-0.05, 0) is 49.8 Å². The molecule has 0 saturated carbocycles. The highest BCUT2D eigenvalue weighted by molar-refractivity contribution is 8.00. The Balaban J connectivity index is 1.83. The first-order valence-corrected chi connectivity index (χ1v) is 12.0. The third-order valence-electron chi connectivity index (χ3n) is 4.91. The number of likely N-dealkylation sites (N-methyl/N-ethyl adjacent to an activating group) is 1. The van der Waals surface area contributed by atoms with Gasteiger partial charge in [-0.25, -0.2) is 4.98 Å². The molecule has 7 heteroatoms. The minimum atomic E-state index is 0.0776. The number of halogens is 1. The molecule has 0 fully saturated rings. The summed E-state index contributed by atoms with van der Waals surface area (Å²) in [6.07, 6.45) is 0. The van der Waals surface area contributed by atoms with Crippen LogP contribution in [0.15, 0.2) is 47.4 Å². The van der Waals surface area contributed by atoms with Gasteiger partial charge in [-0.2, -0.15) is 0 Å². The van der Waals surface area contributed by atoms with Crippen LogP contribution >= 0.6 is 34.7 Å². The summed E-state index contributed by atoms with van der Waals surface area (Å²) >= 11 is 9.38. The van der Waals surface area contributed by atoms with E-state index in [2.05, 4.69) is 18.7 Å². The lowest BCUT2D eigenvalue weighted by Crippen LogP contribution is -2.39. The van der Waals surface area contributed by atoms with Crippen molar-refractivity contribution in [2.24, 2.45) is 0 Å². The lowest BCUT2D eigenvalue weighted by molar-refractivity contribution is -0.116. The number of fused-ring (bicyclic) bond motifs is 1. The first-order valence-electron chi connectivity index (χ1n) is 9.79. The van der Waals surface area contributed by atoms with E-state index in [1.807, 2.05) is 54.3 Å². The topological polar surface area (TPSA) is 36.4 Å². The Hall–Kier alpha value is -1.60. The minimum Gasteiger partial charge on any atom is -0.302 e. The summed E-state index contributed by atoms with van der Waals surface area (Å²) in [5.41, 5.74) is 1.84. The van der Waals surface area contributed by atoms with E-state index < -0.39 is 0 Å². The molecular formula is C22H26ClN3OS2. The summed E-state index contributed by atoms with van der Waals surface area (Å²) in [5.74, 6) is 0.464. The molecule has 1 amide bonds. The van der Waals surface area contributed by atoms with Crippen molar-refractivity contribution >= 4 is 56.0 Å². The van der Waals surface area contributed by atoms with Crippen LogP contribution in [0.1, 0.15) is 19.4 Å². The number of thioether (sulfide) groups is 1. The molecule has 154 valence electrons. The summed E-state index contributed by atoms with van der Waals surface area (Å²) in [7, 11) is 0. The van der Waals surface area contributed by atoms with Crippen molar-refractivity contribution in [3.63, 3.8) is 0 Å². The summed E-state index contributed by atoms with van der Waals surface area (Å²) < 4.78 is 1.05. The van der Waals surface area contributed by atoms with Crippen LogP contribution in [0.25, 0.3) is 10.2 Å². The summed E-state index contributed by atoms with van der Waals surface area (Å²) in [6.45, 7) is 9.64. The van der Waals surface area contributed by atoms with Gasteiger partial charge in [0.2, 0.25) is 5.91 Å². The van der Waals surface area contributed by atoms with Crippen LogP contribution < -0.4 is 4.90 Å². The van der Waals surface area contributed by atoms with Crippen LogP contribution in [0.3, 0.4) is 0 Å². The van der Waals surface area contributed by atoms with E-state index in [4.69, 9.17) is 16.6 Å². The first kappa shape index (κ1) is 22.1. The molecule has 0 spiro atoms. The van der Waals surface area contributed by atoms with Crippen molar-refractivity contribution in [2.75, 3.05) is 36.8 Å². The number of hydrogen-bond donors (Lipinski definition) is 0. The molecule has 0 unspecified atom stereocenters. The smallest absolute Gasteiger partial charge is 0.239 e. The average molecular weight is 448 g/mol. The van der Waals surface area contributed by atoms with Crippen LogP contribution in [0.5, 0.6) is 0 Å². The maximum absolute atomic E-state index is 13.2. The van der Waals surface area contributed by atoms with E-state index in [1.54, 1.807) is 23.1 Å². The summed E-state index contributed by atoms with van der Waals surface area (Å²) in [6, 6.07) is 13.9. The van der Waals surface area contributed by atoms with E-state index in [0.717, 1.165) is 45.4 Å². The lowest BCUT2D eigenvalue weighted by Gasteiger charge is -2.24. The van der Waals surface area contributed by atoms with E-state index in [0.29, 0.717) is 17.3 Å². The van der Waals surface area contributed by atoms with Gasteiger partial charge in [0.05, 0.1) is 16.0 Å². The fourth-order valence-corrected chi connectivity index (χ4v) is 5.07. The summed E-state index contributed by atoms with van der Waals surface area (Å²) in [4.78, 5) is 23.2. The fraction of sp³-hybridized carbons (Fsp3) is 0.364. The van der Waals surface area contributed by atoms with Gasteiger partial charge < -0.3 is 4.90 Å². The molecule has 4 nitrogen and oxygen atoms in total. The number of benzene rings is 2. The second-order valence-corrected chi connectivity index (χ2v) is 9.15. The predicted molar refractivity (Wildman–Crippen MR) is 127 cm³/mol. The molecule has 3 aromatic rings. The van der Waals surface area contributed by atoms with Crippen molar-refractivity contribution in [1.82, 2.24) is 9.88 Å². The van der Waals surface area contributed by atoms with Crippen molar-refractivity contribution in [3.05, 3.63) is 53.1 Å². The first-order chi connectivity index (χ1) is 14.0. The minimum absolute atomic E-state index is 0.0776. The molecule has 0 saturated heterocycles. The van der Waals surface area contributed by atoms with Crippen LogP contribution in [-0.4, -0.2) is 47.7 Å². The zero-order chi connectivity index (χ0) is 20.8. The number of nitrogens with zero attached hydrogens (tertiary/aromatic N) is 3. The molecule has 0 aliphatic rings. The van der Waals surface area contributed by atoms with Gasteiger partial charge >= 0.3 is 0 Å². The highest BCUT2D eigenvalue weighted by atomic mass is 35.5. The molecule has 1 heterocycles. The van der Waals surface area contributed by atoms with Gasteiger partial charge in [0.15, 0.2) is 5.13 Å². The number of aryl methyl sites for hydroxylation is 1. The van der Waals surface area contributed by atoms with Crippen molar-refractivity contribution in [1.29, 1.82) is 0 Å². The Kier molecular flexibility index (Phi) is 7.95. The molecule has 29 heavy (non-hydrogen) atoms. The molecule has 0 atom stereocenters. The SMILES string of the molecule is CCN(CC)CCN(C(=O)CSc1ccccc1)c1nc2c(C)c(Cl)ccc2s1. The van der Waals surface area contributed by atoms with Crippen LogP contribution in [-0.2, 0) is 4.79 Å². The number of carbonyl (C=O) groups is 1. The number of anilines is 1. The molecule has 0 N–H and O–H groups in total. The van der Waals surface area contributed by atoms with Crippen molar-refractivity contribution in [3.8, 4) is 0 Å². The molecular weight excluding hydrogens is 422 g/mol. The van der Waals surface area contributed by atoms with E-state index in [9.17, 15) is 4.79 Å². The van der Waals surface area contributed by atoms with Crippen LogP contribution in [0.4, 0.5) is 5.13 Å². The van der Waals surface area contributed by atoms with Gasteiger partial charge in [-0.15, -0.1) is 11.8 Å². The number of hydrogen-bond acceptors (Lipinski definition) is 5. The Labute approximate surface area is 185 Å². The van der Waals surface area contributed by atoms with Gasteiger partial charge in [0, 0.05) is 23.0 Å². The molecule has 2 aromatic carbocycles. The van der Waals surface area contributed by atoms with Crippen molar-refractivity contribution < 1.29 is 4.79 Å². The fourth-order valence-electron chi connectivity index (χ4n) is 3.05. The number of rotatable bonds is 9. The molecule has 0 radical (unpaired) electrons. The van der Waals surface area contributed by atoms with Gasteiger partial charge in [-0.1, -0.05) is 55.0 Å². The summed E-state index contributed by atoms with van der Waals surface area (Å²) in [5, 5.41) is 1.45. The zero-order valence-electron chi connectivity index (χ0n) is 17.0. The largest absolute Gasteiger partial charge is 0.302 e. The molecule has 0 bridgehead atoms. The number of carbonyl (C=O) groups excluding carboxylic acids is 1. The average Bonchev–Trinajstić information content (AvgIpc) is 3.18. The Morgan fingerprint density at radius 2 is 1.83 bits per heavy atom. The molecule has 1 aromatic heterocycles. The number of aromatic nitrogens is 1. The third-order valence-corrected chi connectivity index (χ3v) is 7.36. The van der Waals surface area contributed by atoms with Crippen molar-refractivity contribution in [2.45, 2.75) is 25.7 Å².